The summed E-state index contributed by atoms with van der Waals surface area (Å²) in [7, 11) is 0. The SMILES string of the molecule is C[C@@H]1CC=CC2CN(c3c(F)c(N)c4c(=O)c(C(=O)O)cn(C5CC5)c4c3F)C[C@]21C. The largest absolute Gasteiger partial charge is 0.477 e. The first-order valence-corrected chi connectivity index (χ1v) is 10.6. The molecule has 1 aromatic carbocycles. The van der Waals surface area contributed by atoms with Gasteiger partial charge in [0.1, 0.15) is 11.3 Å². The van der Waals surface area contributed by atoms with Crippen LogP contribution in [0.2, 0.25) is 0 Å². The number of nitrogen functional groups attached to an aromatic ring is 1. The standard InChI is InChI=1S/C23H25F2N3O3/c1-11-4-3-5-12-8-27(10-23(11,12)2)20-16(24)18(26)15-19(17(20)25)28(13-6-7-13)9-14(21(15)29)22(30)31/h3,5,9,11-13H,4,6-8,10,26H2,1-2H3,(H,30,31)/t11-,12?,23+/m1/s1. The van der Waals surface area contributed by atoms with E-state index in [-0.39, 0.29) is 34.0 Å². The fraction of sp³-hybridized carbons (Fsp3) is 0.478. The normalized spacial score (nSPS) is 27.7. The molecule has 3 atom stereocenters. The number of carboxylic acids is 1. The molecule has 0 radical (unpaired) electrons. The number of nitrogens with two attached hydrogens (primary N) is 1. The number of aromatic carboxylic acids is 1. The molecule has 31 heavy (non-hydrogen) atoms. The molecule has 0 spiro atoms. The zero-order valence-corrected chi connectivity index (χ0v) is 17.5. The number of carbonyl (C=O) groups is 1. The van der Waals surface area contributed by atoms with E-state index in [2.05, 4.69) is 26.0 Å². The lowest BCUT2D eigenvalue weighted by Gasteiger charge is -2.37. The number of hydrogen-bond donors (Lipinski definition) is 2. The second-order valence-electron chi connectivity index (χ2n) is 9.49. The third-order valence-corrected chi connectivity index (χ3v) is 7.63. The van der Waals surface area contributed by atoms with Crippen molar-refractivity contribution in [3.63, 3.8) is 0 Å². The van der Waals surface area contributed by atoms with Crippen LogP contribution in [0.4, 0.5) is 20.2 Å². The van der Waals surface area contributed by atoms with Crippen LogP contribution < -0.4 is 16.1 Å². The van der Waals surface area contributed by atoms with Crippen molar-refractivity contribution in [1.82, 2.24) is 4.57 Å². The van der Waals surface area contributed by atoms with Crippen LogP contribution in [0.25, 0.3) is 10.9 Å². The first kappa shape index (κ1) is 20.0. The predicted molar refractivity (Wildman–Crippen MR) is 114 cm³/mol. The second kappa shape index (κ2) is 6.55. The number of hydrogen-bond acceptors (Lipinski definition) is 4. The summed E-state index contributed by atoms with van der Waals surface area (Å²) in [6.07, 6.45) is 7.81. The lowest BCUT2D eigenvalue weighted by Crippen LogP contribution is -2.35. The Bertz CT molecular complexity index is 1220. The van der Waals surface area contributed by atoms with Crippen LogP contribution in [0, 0.1) is 28.9 Å². The number of aromatic nitrogens is 1. The molecule has 2 fully saturated rings. The summed E-state index contributed by atoms with van der Waals surface area (Å²) in [5.41, 5.74) is 3.60. The number of carboxylic acid groups (broad SMARTS) is 1. The number of halogens is 2. The Kier molecular flexibility index (Phi) is 4.23. The van der Waals surface area contributed by atoms with Crippen molar-refractivity contribution in [2.45, 2.75) is 39.2 Å². The maximum Gasteiger partial charge on any atom is 0.341 e. The van der Waals surface area contributed by atoms with E-state index in [9.17, 15) is 14.7 Å². The van der Waals surface area contributed by atoms with E-state index in [1.807, 2.05) is 0 Å². The molecule has 3 N–H and O–H groups in total. The molecular formula is C23H25F2N3O3. The van der Waals surface area contributed by atoms with Gasteiger partial charge in [0, 0.05) is 31.2 Å². The van der Waals surface area contributed by atoms with Gasteiger partial charge >= 0.3 is 5.97 Å². The molecule has 1 saturated carbocycles. The van der Waals surface area contributed by atoms with E-state index in [4.69, 9.17) is 5.73 Å². The number of rotatable bonds is 3. The van der Waals surface area contributed by atoms with Crippen molar-refractivity contribution in [3.8, 4) is 0 Å². The van der Waals surface area contributed by atoms with Crippen molar-refractivity contribution >= 4 is 28.2 Å². The number of benzene rings is 1. The third-order valence-electron chi connectivity index (χ3n) is 7.63. The Labute approximate surface area is 177 Å². The van der Waals surface area contributed by atoms with Crippen molar-refractivity contribution in [3.05, 3.63) is 45.8 Å². The average molecular weight is 429 g/mol. The van der Waals surface area contributed by atoms with Crippen LogP contribution in [0.1, 0.15) is 49.5 Å². The van der Waals surface area contributed by atoms with E-state index in [0.29, 0.717) is 19.0 Å². The fourth-order valence-corrected chi connectivity index (χ4v) is 5.35. The summed E-state index contributed by atoms with van der Waals surface area (Å²) in [6.45, 7) is 5.23. The number of allylic oxidation sites excluding steroid dienone is 1. The Morgan fingerprint density at radius 2 is 2.00 bits per heavy atom. The highest BCUT2D eigenvalue weighted by Crippen LogP contribution is 2.50. The van der Waals surface area contributed by atoms with E-state index < -0.39 is 34.3 Å². The van der Waals surface area contributed by atoms with Crippen LogP contribution >= 0.6 is 0 Å². The molecule has 2 heterocycles. The smallest absolute Gasteiger partial charge is 0.341 e. The van der Waals surface area contributed by atoms with Crippen LogP contribution in [-0.4, -0.2) is 28.7 Å². The lowest BCUT2D eigenvalue weighted by molar-refractivity contribution is 0.0695. The van der Waals surface area contributed by atoms with Crippen LogP contribution in [0.15, 0.2) is 23.1 Å². The first-order chi connectivity index (χ1) is 14.6. The highest BCUT2D eigenvalue weighted by molar-refractivity contribution is 5.99. The summed E-state index contributed by atoms with van der Waals surface area (Å²) in [5, 5.41) is 9.04. The van der Waals surface area contributed by atoms with Gasteiger partial charge in [-0.25, -0.2) is 13.6 Å². The van der Waals surface area contributed by atoms with Crippen molar-refractivity contribution in [2.24, 2.45) is 17.3 Å². The summed E-state index contributed by atoms with van der Waals surface area (Å²) in [4.78, 5) is 26.1. The van der Waals surface area contributed by atoms with Gasteiger partial charge in [-0.3, -0.25) is 4.79 Å². The molecule has 1 aliphatic heterocycles. The Hall–Kier alpha value is -2.90. The molecule has 1 aromatic heterocycles. The van der Waals surface area contributed by atoms with Gasteiger partial charge in [0.25, 0.3) is 0 Å². The Morgan fingerprint density at radius 1 is 1.29 bits per heavy atom. The molecule has 6 nitrogen and oxygen atoms in total. The van der Waals surface area contributed by atoms with Crippen molar-refractivity contribution in [1.29, 1.82) is 0 Å². The second-order valence-corrected chi connectivity index (χ2v) is 9.49. The molecule has 1 unspecified atom stereocenters. The number of fused-ring (bicyclic) bond motifs is 2. The van der Waals surface area contributed by atoms with E-state index in [1.165, 1.54) is 10.8 Å². The van der Waals surface area contributed by atoms with Crippen LogP contribution in [-0.2, 0) is 0 Å². The van der Waals surface area contributed by atoms with Gasteiger partial charge in [0.15, 0.2) is 11.6 Å². The predicted octanol–water partition coefficient (Wildman–Crippen LogP) is 3.93. The molecule has 0 bridgehead atoms. The summed E-state index contributed by atoms with van der Waals surface area (Å²) >= 11 is 0. The monoisotopic (exact) mass is 429 g/mol. The molecule has 1 saturated heterocycles. The number of anilines is 2. The van der Waals surface area contributed by atoms with Gasteiger partial charge < -0.3 is 20.3 Å². The average Bonchev–Trinajstić information content (AvgIpc) is 3.49. The minimum Gasteiger partial charge on any atom is -0.477 e. The number of nitrogens with zero attached hydrogens (tertiary/aromatic N) is 2. The first-order valence-electron chi connectivity index (χ1n) is 10.6. The summed E-state index contributed by atoms with van der Waals surface area (Å²) in [5.74, 6) is -2.76. The minimum absolute atomic E-state index is 0.102. The van der Waals surface area contributed by atoms with Crippen molar-refractivity contribution < 1.29 is 18.7 Å². The van der Waals surface area contributed by atoms with Gasteiger partial charge in [-0.05, 0) is 30.6 Å². The van der Waals surface area contributed by atoms with Gasteiger partial charge in [-0.15, -0.1) is 0 Å². The van der Waals surface area contributed by atoms with Gasteiger partial charge in [-0.1, -0.05) is 26.0 Å². The maximum atomic E-state index is 16.0. The maximum absolute atomic E-state index is 16.0. The number of pyridine rings is 1. The molecule has 2 aliphatic carbocycles. The zero-order chi connectivity index (χ0) is 22.2. The zero-order valence-electron chi connectivity index (χ0n) is 17.5. The van der Waals surface area contributed by atoms with Crippen LogP contribution in [0.5, 0.6) is 0 Å². The summed E-state index contributed by atoms with van der Waals surface area (Å²) in [6, 6.07) is -0.130. The molecular weight excluding hydrogens is 404 g/mol. The third kappa shape index (κ3) is 2.73. The molecule has 5 rings (SSSR count). The van der Waals surface area contributed by atoms with Gasteiger partial charge in [-0.2, -0.15) is 0 Å². The fourth-order valence-electron chi connectivity index (χ4n) is 5.35. The molecule has 2 aromatic rings. The molecule has 0 amide bonds. The van der Waals surface area contributed by atoms with Gasteiger partial charge in [0.2, 0.25) is 5.43 Å². The Morgan fingerprint density at radius 3 is 2.61 bits per heavy atom. The van der Waals surface area contributed by atoms with Crippen molar-refractivity contribution in [2.75, 3.05) is 23.7 Å². The van der Waals surface area contributed by atoms with E-state index in [1.54, 1.807) is 4.90 Å². The summed E-state index contributed by atoms with van der Waals surface area (Å²) < 4.78 is 32.9. The molecule has 3 aliphatic rings. The van der Waals surface area contributed by atoms with E-state index >= 15 is 8.78 Å². The topological polar surface area (TPSA) is 88.6 Å². The highest BCUT2D eigenvalue weighted by Gasteiger charge is 2.48. The molecule has 8 heteroatoms. The van der Waals surface area contributed by atoms with Gasteiger partial charge in [0.05, 0.1) is 16.6 Å². The highest BCUT2D eigenvalue weighted by atomic mass is 19.1. The lowest BCUT2D eigenvalue weighted by atomic mass is 9.66. The molecule has 164 valence electrons. The van der Waals surface area contributed by atoms with E-state index in [0.717, 1.165) is 19.3 Å². The van der Waals surface area contributed by atoms with Crippen LogP contribution in [0.3, 0.4) is 0 Å². The quantitative estimate of drug-likeness (QED) is 0.570. The minimum atomic E-state index is -1.44. The Balaban J connectivity index is 1.76.